The molecule has 0 atom stereocenters. The molecule has 0 unspecified atom stereocenters. The summed E-state index contributed by atoms with van der Waals surface area (Å²) in [4.78, 5) is 12.7. The van der Waals surface area contributed by atoms with Gasteiger partial charge in [0.05, 0.1) is 0 Å². The fourth-order valence-corrected chi connectivity index (χ4v) is 2.62. The van der Waals surface area contributed by atoms with Crippen molar-refractivity contribution in [3.05, 3.63) is 47.1 Å². The highest BCUT2D eigenvalue weighted by atomic mass is 35.5. The van der Waals surface area contributed by atoms with Crippen LogP contribution in [0, 0.1) is 0 Å². The Morgan fingerprint density at radius 1 is 0.960 bits per heavy atom. The summed E-state index contributed by atoms with van der Waals surface area (Å²) in [5.74, 6) is 1.70. The van der Waals surface area contributed by atoms with Crippen molar-refractivity contribution in [2.45, 2.75) is 6.54 Å². The minimum absolute atomic E-state index is 0.383. The predicted octanol–water partition coefficient (Wildman–Crippen LogP) is 3.58. The van der Waals surface area contributed by atoms with Gasteiger partial charge in [-0.05, 0) is 31.8 Å². The first-order valence-electron chi connectivity index (χ1n) is 7.85. The monoisotopic (exact) mass is 357 g/mol. The van der Waals surface area contributed by atoms with Gasteiger partial charge >= 0.3 is 0 Å². The van der Waals surface area contributed by atoms with E-state index in [1.807, 2.05) is 51.3 Å². The number of hydrogen-bond acceptors (Lipinski definition) is 6. The van der Waals surface area contributed by atoms with E-state index in [0.29, 0.717) is 16.9 Å². The second-order valence-electron chi connectivity index (χ2n) is 6.29. The van der Waals surface area contributed by atoms with Gasteiger partial charge in [-0.3, -0.25) is 0 Å². The molecule has 2 heterocycles. The van der Waals surface area contributed by atoms with Crippen molar-refractivity contribution in [2.24, 2.45) is 0 Å². The first-order chi connectivity index (χ1) is 11.9. The lowest BCUT2D eigenvalue weighted by Gasteiger charge is -2.11. The maximum absolute atomic E-state index is 6.10. The van der Waals surface area contributed by atoms with E-state index >= 15 is 0 Å². The zero-order valence-corrected chi connectivity index (χ0v) is 15.4. The van der Waals surface area contributed by atoms with Gasteiger partial charge in [0.1, 0.15) is 11.0 Å². The fourth-order valence-electron chi connectivity index (χ4n) is 2.42. The first kappa shape index (κ1) is 17.4. The lowest BCUT2D eigenvalue weighted by Crippen LogP contribution is -2.10. The molecule has 0 aliphatic heterocycles. The van der Waals surface area contributed by atoms with Crippen molar-refractivity contribution in [3.63, 3.8) is 0 Å². The van der Waals surface area contributed by atoms with Gasteiger partial charge in [-0.15, -0.1) is 0 Å². The SMILES string of the molecule is CN(C)Cc1ccc(-c2noc(-c3cc(Cl)nc(N(C)C)c3)n2)cc1. The third kappa shape index (κ3) is 4.15. The predicted molar refractivity (Wildman–Crippen MR) is 99.7 cm³/mol. The average molecular weight is 358 g/mol. The van der Waals surface area contributed by atoms with E-state index in [1.54, 1.807) is 6.07 Å². The van der Waals surface area contributed by atoms with Gasteiger partial charge in [0.25, 0.3) is 5.89 Å². The molecule has 7 heteroatoms. The summed E-state index contributed by atoms with van der Waals surface area (Å²) in [6, 6.07) is 11.7. The van der Waals surface area contributed by atoms with Crippen molar-refractivity contribution < 1.29 is 4.52 Å². The van der Waals surface area contributed by atoms with Crippen LogP contribution in [0.15, 0.2) is 40.9 Å². The lowest BCUT2D eigenvalue weighted by atomic mass is 10.1. The Balaban J connectivity index is 1.87. The molecule has 3 aromatic rings. The second-order valence-corrected chi connectivity index (χ2v) is 6.68. The van der Waals surface area contributed by atoms with Crippen LogP contribution < -0.4 is 4.90 Å². The average Bonchev–Trinajstić information content (AvgIpc) is 3.04. The highest BCUT2D eigenvalue weighted by molar-refractivity contribution is 6.29. The zero-order chi connectivity index (χ0) is 18.0. The van der Waals surface area contributed by atoms with E-state index in [2.05, 4.69) is 32.2 Å². The van der Waals surface area contributed by atoms with E-state index in [1.165, 1.54) is 5.56 Å². The summed E-state index contributed by atoms with van der Waals surface area (Å²) in [6.07, 6.45) is 0. The number of anilines is 1. The molecular weight excluding hydrogens is 338 g/mol. The van der Waals surface area contributed by atoms with E-state index < -0.39 is 0 Å². The van der Waals surface area contributed by atoms with Crippen molar-refractivity contribution in [1.29, 1.82) is 0 Å². The normalized spacial score (nSPS) is 11.1. The van der Waals surface area contributed by atoms with Crippen LogP contribution in [0.3, 0.4) is 0 Å². The molecule has 3 rings (SSSR count). The standard InChI is InChI=1S/C18H20ClN5O/c1-23(2)11-12-5-7-13(8-6-12)17-21-18(25-22-17)14-9-15(19)20-16(10-14)24(3)4/h5-10H,11H2,1-4H3. The molecular formula is C18H20ClN5O. The summed E-state index contributed by atoms with van der Waals surface area (Å²) in [5.41, 5.74) is 2.88. The Bertz CT molecular complexity index is 858. The number of benzene rings is 1. The maximum atomic E-state index is 6.10. The van der Waals surface area contributed by atoms with Gasteiger partial charge in [0, 0.05) is 31.8 Å². The van der Waals surface area contributed by atoms with E-state index in [4.69, 9.17) is 16.1 Å². The summed E-state index contributed by atoms with van der Waals surface area (Å²) in [6.45, 7) is 0.889. The van der Waals surface area contributed by atoms with Crippen LogP contribution in [0.2, 0.25) is 5.15 Å². The highest BCUT2D eigenvalue weighted by Crippen LogP contribution is 2.27. The van der Waals surface area contributed by atoms with Crippen molar-refractivity contribution in [2.75, 3.05) is 33.1 Å². The molecule has 25 heavy (non-hydrogen) atoms. The number of halogens is 1. The third-order valence-corrected chi connectivity index (χ3v) is 3.82. The van der Waals surface area contributed by atoms with Gasteiger partial charge in [-0.1, -0.05) is 41.0 Å². The highest BCUT2D eigenvalue weighted by Gasteiger charge is 2.13. The van der Waals surface area contributed by atoms with Crippen molar-refractivity contribution >= 4 is 17.4 Å². The maximum Gasteiger partial charge on any atom is 0.258 e. The van der Waals surface area contributed by atoms with Gasteiger partial charge < -0.3 is 14.3 Å². The molecule has 0 N–H and O–H groups in total. The molecule has 6 nitrogen and oxygen atoms in total. The largest absolute Gasteiger partial charge is 0.363 e. The third-order valence-electron chi connectivity index (χ3n) is 3.62. The van der Waals surface area contributed by atoms with Crippen LogP contribution >= 0.6 is 11.6 Å². The fraction of sp³-hybridized carbons (Fsp3) is 0.278. The van der Waals surface area contributed by atoms with E-state index in [0.717, 1.165) is 23.5 Å². The van der Waals surface area contributed by atoms with Crippen LogP contribution in [-0.2, 0) is 6.54 Å². The van der Waals surface area contributed by atoms with Gasteiger partial charge in [0.15, 0.2) is 0 Å². The van der Waals surface area contributed by atoms with Crippen molar-refractivity contribution in [1.82, 2.24) is 20.0 Å². The van der Waals surface area contributed by atoms with Crippen molar-refractivity contribution in [3.8, 4) is 22.8 Å². The van der Waals surface area contributed by atoms with Crippen LogP contribution in [-0.4, -0.2) is 48.2 Å². The summed E-state index contributed by atoms with van der Waals surface area (Å²) < 4.78 is 5.42. The topological polar surface area (TPSA) is 58.3 Å². The zero-order valence-electron chi connectivity index (χ0n) is 14.7. The molecule has 130 valence electrons. The Hall–Kier alpha value is -2.44. The second kappa shape index (κ2) is 7.21. The van der Waals surface area contributed by atoms with Gasteiger partial charge in [0.2, 0.25) is 5.82 Å². The number of hydrogen-bond donors (Lipinski definition) is 0. The Labute approximate surface area is 152 Å². The molecule has 0 aliphatic rings. The van der Waals surface area contributed by atoms with Gasteiger partial charge in [-0.25, -0.2) is 4.98 Å². The molecule has 1 aromatic carbocycles. The first-order valence-corrected chi connectivity index (χ1v) is 8.23. The Morgan fingerprint density at radius 3 is 2.32 bits per heavy atom. The summed E-state index contributed by atoms with van der Waals surface area (Å²) in [5, 5.41) is 4.47. The minimum atomic E-state index is 0.383. The molecule has 0 saturated heterocycles. The number of pyridine rings is 1. The number of rotatable bonds is 5. The van der Waals surface area contributed by atoms with E-state index in [9.17, 15) is 0 Å². The van der Waals surface area contributed by atoms with Gasteiger partial charge in [-0.2, -0.15) is 4.98 Å². The summed E-state index contributed by atoms with van der Waals surface area (Å²) in [7, 11) is 7.89. The lowest BCUT2D eigenvalue weighted by molar-refractivity contribution is 0.402. The molecule has 0 amide bonds. The number of nitrogens with zero attached hydrogens (tertiary/aromatic N) is 5. The molecule has 0 fully saturated rings. The Morgan fingerprint density at radius 2 is 1.68 bits per heavy atom. The van der Waals surface area contributed by atoms with Crippen LogP contribution in [0.1, 0.15) is 5.56 Å². The quantitative estimate of drug-likeness (QED) is 0.650. The smallest absolute Gasteiger partial charge is 0.258 e. The minimum Gasteiger partial charge on any atom is -0.363 e. The summed E-state index contributed by atoms with van der Waals surface area (Å²) >= 11 is 6.10. The molecule has 0 saturated carbocycles. The van der Waals surface area contributed by atoms with Crippen LogP contribution in [0.5, 0.6) is 0 Å². The van der Waals surface area contributed by atoms with Crippen LogP contribution in [0.4, 0.5) is 5.82 Å². The molecule has 0 aliphatic carbocycles. The number of aromatic nitrogens is 3. The van der Waals surface area contributed by atoms with Crippen LogP contribution in [0.25, 0.3) is 22.8 Å². The Kier molecular flexibility index (Phi) is 5.01. The molecule has 0 spiro atoms. The molecule has 0 radical (unpaired) electrons. The molecule has 0 bridgehead atoms. The van der Waals surface area contributed by atoms with E-state index in [-0.39, 0.29) is 0 Å². The molecule has 2 aromatic heterocycles.